The summed E-state index contributed by atoms with van der Waals surface area (Å²) in [4.78, 5) is 18.5. The van der Waals surface area contributed by atoms with Gasteiger partial charge >= 0.3 is 0 Å². The molecule has 0 aliphatic rings. The molecule has 1 aromatic carbocycles. The number of nitrogens with one attached hydrogen (secondary N) is 1. The zero-order chi connectivity index (χ0) is 16.5. The summed E-state index contributed by atoms with van der Waals surface area (Å²) < 4.78 is 0. The molecule has 0 unspecified atom stereocenters. The van der Waals surface area contributed by atoms with Crippen molar-refractivity contribution >= 4 is 22.9 Å². The summed E-state index contributed by atoms with van der Waals surface area (Å²) in [5.41, 5.74) is 7.20. The number of benzene rings is 1. The molecule has 0 fully saturated rings. The first-order chi connectivity index (χ1) is 11.2. The molecule has 23 heavy (non-hydrogen) atoms. The number of rotatable bonds is 9. The maximum absolute atomic E-state index is 12.0. The summed E-state index contributed by atoms with van der Waals surface area (Å²) in [6.45, 7) is 2.20. The van der Waals surface area contributed by atoms with Gasteiger partial charge in [0.25, 0.3) is 5.91 Å². The first-order valence-electron chi connectivity index (χ1n) is 7.89. The number of amides is 1. The Morgan fingerprint density at radius 3 is 2.83 bits per heavy atom. The Morgan fingerprint density at radius 2 is 2.09 bits per heavy atom. The molecule has 1 heterocycles. The Balaban J connectivity index is 1.64. The van der Waals surface area contributed by atoms with Crippen LogP contribution in [0.15, 0.2) is 35.7 Å². The summed E-state index contributed by atoms with van der Waals surface area (Å²) >= 11 is 1.49. The van der Waals surface area contributed by atoms with Crippen molar-refractivity contribution in [2.75, 3.05) is 31.6 Å². The Labute approximate surface area is 141 Å². The molecule has 2 aromatic rings. The number of nitrogens with zero attached hydrogens (tertiary/aromatic N) is 2. The Kier molecular flexibility index (Phi) is 7.03. The van der Waals surface area contributed by atoms with Crippen molar-refractivity contribution in [1.29, 1.82) is 0 Å². The van der Waals surface area contributed by atoms with Crippen LogP contribution < -0.4 is 16.0 Å². The fourth-order valence-corrected chi connectivity index (χ4v) is 3.03. The normalized spacial score (nSPS) is 10.5. The predicted octanol–water partition coefficient (Wildman–Crippen LogP) is 2.29. The van der Waals surface area contributed by atoms with E-state index in [4.69, 9.17) is 5.73 Å². The highest BCUT2D eigenvalue weighted by Crippen LogP contribution is 2.12. The number of hydrogen-bond acceptors (Lipinski definition) is 5. The first kappa shape index (κ1) is 17.4. The van der Waals surface area contributed by atoms with Crippen LogP contribution >= 0.6 is 11.3 Å². The van der Waals surface area contributed by atoms with Crippen molar-refractivity contribution < 1.29 is 4.79 Å². The highest BCUT2D eigenvalue weighted by molar-refractivity contribution is 7.09. The maximum Gasteiger partial charge on any atom is 0.270 e. The number of carbonyl (C=O) groups excluding carboxylic acids is 1. The van der Waals surface area contributed by atoms with E-state index in [9.17, 15) is 4.79 Å². The third-order valence-corrected chi connectivity index (χ3v) is 4.45. The second-order valence-corrected chi connectivity index (χ2v) is 6.33. The molecule has 0 saturated carbocycles. The van der Waals surface area contributed by atoms with E-state index >= 15 is 0 Å². The van der Waals surface area contributed by atoms with Gasteiger partial charge in [-0.2, -0.15) is 0 Å². The van der Waals surface area contributed by atoms with Gasteiger partial charge in [0, 0.05) is 37.6 Å². The van der Waals surface area contributed by atoms with Crippen molar-refractivity contribution in [2.24, 2.45) is 5.73 Å². The standard InChI is InChI=1S/C17H24N4OS/c1-21(14-7-3-2-4-8-14)12-6-5-11-19-17(22)15-13-23-16(20-15)9-10-18/h2-4,7-8,13H,5-6,9-12,18H2,1H3,(H,19,22). The highest BCUT2D eigenvalue weighted by Gasteiger charge is 2.09. The zero-order valence-electron chi connectivity index (χ0n) is 13.5. The van der Waals surface area contributed by atoms with Crippen molar-refractivity contribution in [3.63, 3.8) is 0 Å². The Bertz CT molecular complexity index is 600. The van der Waals surface area contributed by atoms with Crippen molar-refractivity contribution in [3.8, 4) is 0 Å². The number of unbranched alkanes of at least 4 members (excludes halogenated alkanes) is 1. The van der Waals surface area contributed by atoms with Crippen LogP contribution in [0.4, 0.5) is 5.69 Å². The van der Waals surface area contributed by atoms with E-state index in [1.807, 2.05) is 18.2 Å². The number of nitrogens with two attached hydrogens (primary N) is 1. The van der Waals surface area contributed by atoms with Crippen molar-refractivity contribution in [3.05, 3.63) is 46.4 Å². The van der Waals surface area contributed by atoms with E-state index in [1.54, 1.807) is 5.38 Å². The lowest BCUT2D eigenvalue weighted by molar-refractivity contribution is 0.0948. The van der Waals surface area contributed by atoms with E-state index in [2.05, 4.69) is 34.4 Å². The van der Waals surface area contributed by atoms with E-state index < -0.39 is 0 Å². The topological polar surface area (TPSA) is 71.2 Å². The fraction of sp³-hybridized carbons (Fsp3) is 0.412. The molecule has 1 amide bonds. The minimum absolute atomic E-state index is 0.0964. The molecule has 0 bridgehead atoms. The van der Waals surface area contributed by atoms with Crippen LogP contribution in [0.1, 0.15) is 28.3 Å². The van der Waals surface area contributed by atoms with E-state index in [1.165, 1.54) is 17.0 Å². The van der Waals surface area contributed by atoms with Crippen LogP contribution in [-0.4, -0.2) is 37.6 Å². The molecule has 1 aromatic heterocycles. The van der Waals surface area contributed by atoms with Gasteiger partial charge in [0.15, 0.2) is 0 Å². The number of thiazole rings is 1. The summed E-state index contributed by atoms with van der Waals surface area (Å²) in [7, 11) is 2.09. The van der Waals surface area contributed by atoms with Crippen LogP contribution in [0.3, 0.4) is 0 Å². The van der Waals surface area contributed by atoms with Crippen LogP contribution in [0.25, 0.3) is 0 Å². The molecular weight excluding hydrogens is 308 g/mol. The fourth-order valence-electron chi connectivity index (χ4n) is 2.23. The van der Waals surface area contributed by atoms with Gasteiger partial charge in [-0.25, -0.2) is 4.98 Å². The van der Waals surface area contributed by atoms with Crippen LogP contribution in [-0.2, 0) is 6.42 Å². The van der Waals surface area contributed by atoms with E-state index in [-0.39, 0.29) is 5.91 Å². The first-order valence-corrected chi connectivity index (χ1v) is 8.77. The monoisotopic (exact) mass is 332 g/mol. The third-order valence-electron chi connectivity index (χ3n) is 3.55. The lowest BCUT2D eigenvalue weighted by Crippen LogP contribution is -2.26. The predicted molar refractivity (Wildman–Crippen MR) is 96.2 cm³/mol. The van der Waals surface area contributed by atoms with Crippen LogP contribution in [0.2, 0.25) is 0 Å². The van der Waals surface area contributed by atoms with Crippen LogP contribution in [0.5, 0.6) is 0 Å². The van der Waals surface area contributed by atoms with Gasteiger partial charge in [0.05, 0.1) is 5.01 Å². The molecule has 0 aliphatic heterocycles. The van der Waals surface area contributed by atoms with Gasteiger partial charge in [0.1, 0.15) is 5.69 Å². The number of para-hydroxylation sites is 1. The third kappa shape index (κ3) is 5.65. The number of aromatic nitrogens is 1. The molecule has 3 N–H and O–H groups in total. The van der Waals surface area contributed by atoms with Crippen molar-refractivity contribution in [2.45, 2.75) is 19.3 Å². The average molecular weight is 332 g/mol. The van der Waals surface area contributed by atoms with Crippen molar-refractivity contribution in [1.82, 2.24) is 10.3 Å². The summed E-state index contributed by atoms with van der Waals surface area (Å²) in [6.07, 6.45) is 2.70. The quantitative estimate of drug-likeness (QED) is 0.691. The molecule has 0 spiro atoms. The minimum atomic E-state index is -0.0964. The van der Waals surface area contributed by atoms with Gasteiger partial charge in [-0.3, -0.25) is 4.79 Å². The largest absolute Gasteiger partial charge is 0.375 e. The molecule has 0 atom stereocenters. The van der Waals surface area contributed by atoms with E-state index in [0.29, 0.717) is 18.8 Å². The molecule has 124 valence electrons. The number of anilines is 1. The maximum atomic E-state index is 12.0. The zero-order valence-corrected chi connectivity index (χ0v) is 14.3. The van der Waals surface area contributed by atoms with Gasteiger partial charge in [-0.15, -0.1) is 11.3 Å². The van der Waals surface area contributed by atoms with Crippen LogP contribution in [0, 0.1) is 0 Å². The molecule has 0 aliphatic carbocycles. The number of hydrogen-bond donors (Lipinski definition) is 2. The molecular formula is C17H24N4OS. The van der Waals surface area contributed by atoms with Gasteiger partial charge in [-0.1, -0.05) is 18.2 Å². The SMILES string of the molecule is CN(CCCCNC(=O)c1csc(CCN)n1)c1ccccc1. The Hall–Kier alpha value is -1.92. The lowest BCUT2D eigenvalue weighted by atomic mass is 10.2. The molecule has 2 rings (SSSR count). The second kappa shape index (κ2) is 9.27. The molecule has 0 saturated heterocycles. The lowest BCUT2D eigenvalue weighted by Gasteiger charge is -2.19. The highest BCUT2D eigenvalue weighted by atomic mass is 32.1. The smallest absolute Gasteiger partial charge is 0.270 e. The van der Waals surface area contributed by atoms with Gasteiger partial charge < -0.3 is 16.0 Å². The summed E-state index contributed by atoms with van der Waals surface area (Å²) in [6, 6.07) is 10.3. The minimum Gasteiger partial charge on any atom is -0.375 e. The van der Waals surface area contributed by atoms with E-state index in [0.717, 1.165) is 30.8 Å². The molecule has 0 radical (unpaired) electrons. The average Bonchev–Trinajstić information content (AvgIpc) is 3.04. The number of carbonyl (C=O) groups is 1. The summed E-state index contributed by atoms with van der Waals surface area (Å²) in [5.74, 6) is -0.0964. The molecule has 5 nitrogen and oxygen atoms in total. The molecule has 6 heteroatoms. The van der Waals surface area contributed by atoms with Gasteiger partial charge in [0.2, 0.25) is 0 Å². The Morgan fingerprint density at radius 1 is 1.30 bits per heavy atom. The second-order valence-electron chi connectivity index (χ2n) is 5.39. The summed E-state index contributed by atoms with van der Waals surface area (Å²) in [5, 5.41) is 5.64. The van der Waals surface area contributed by atoms with Gasteiger partial charge in [-0.05, 0) is 31.5 Å².